The fourth-order valence-corrected chi connectivity index (χ4v) is 2.84. The minimum Gasteiger partial charge on any atom is -0.497 e. The average molecular weight is 348 g/mol. The van der Waals surface area contributed by atoms with Gasteiger partial charge in [0.2, 0.25) is 5.91 Å². The van der Waals surface area contributed by atoms with Crippen LogP contribution in [0.25, 0.3) is 0 Å². The lowest BCUT2D eigenvalue weighted by Gasteiger charge is -2.18. The quantitative estimate of drug-likeness (QED) is 0.805. The molecule has 2 amide bonds. The van der Waals surface area contributed by atoms with Crippen molar-refractivity contribution >= 4 is 23.2 Å². The van der Waals surface area contributed by atoms with Crippen molar-refractivity contribution in [3.05, 3.63) is 46.2 Å². The van der Waals surface area contributed by atoms with Gasteiger partial charge in [0.05, 0.1) is 31.7 Å². The number of benzene rings is 1. The highest BCUT2D eigenvalue weighted by atomic mass is 32.1. The number of methoxy groups -OCH3 is 2. The monoisotopic (exact) mass is 348 g/mol. The topological polar surface area (TPSA) is 76.7 Å². The molecule has 2 rings (SSSR count). The fourth-order valence-electron chi connectivity index (χ4n) is 2.20. The summed E-state index contributed by atoms with van der Waals surface area (Å²) in [6.45, 7) is 1.75. The predicted octanol–water partition coefficient (Wildman–Crippen LogP) is 2.37. The van der Waals surface area contributed by atoms with Gasteiger partial charge in [0.1, 0.15) is 11.5 Å². The molecule has 1 aromatic heterocycles. The molecule has 1 atom stereocenters. The van der Waals surface area contributed by atoms with Gasteiger partial charge < -0.3 is 20.1 Å². The molecule has 1 heterocycles. The molecule has 0 bridgehead atoms. The summed E-state index contributed by atoms with van der Waals surface area (Å²) in [5.74, 6) is 0.799. The van der Waals surface area contributed by atoms with Gasteiger partial charge >= 0.3 is 0 Å². The maximum atomic E-state index is 12.1. The summed E-state index contributed by atoms with van der Waals surface area (Å²) in [6.07, 6.45) is 0. The van der Waals surface area contributed by atoms with E-state index < -0.39 is 0 Å². The zero-order valence-corrected chi connectivity index (χ0v) is 14.6. The molecule has 2 N–H and O–H groups in total. The highest BCUT2D eigenvalue weighted by molar-refractivity contribution is 7.12. The molecule has 24 heavy (non-hydrogen) atoms. The number of thiophene rings is 1. The molecule has 0 unspecified atom stereocenters. The summed E-state index contributed by atoms with van der Waals surface area (Å²) in [4.78, 5) is 24.5. The highest BCUT2D eigenvalue weighted by Crippen LogP contribution is 2.29. The van der Waals surface area contributed by atoms with Crippen LogP contribution >= 0.6 is 11.3 Å². The second-order valence-electron chi connectivity index (χ2n) is 5.06. The summed E-state index contributed by atoms with van der Waals surface area (Å²) in [5.41, 5.74) is 0.801. The summed E-state index contributed by atoms with van der Waals surface area (Å²) in [5, 5.41) is 7.24. The third kappa shape index (κ3) is 4.48. The SMILES string of the molecule is COc1ccc(OC)c([C@H](C)NC(=O)CNC(=O)c2cccs2)c1. The molecular formula is C17H20N2O4S. The van der Waals surface area contributed by atoms with Crippen molar-refractivity contribution in [2.45, 2.75) is 13.0 Å². The van der Waals surface area contributed by atoms with E-state index in [-0.39, 0.29) is 24.4 Å². The second kappa shape index (κ2) is 8.35. The van der Waals surface area contributed by atoms with Crippen molar-refractivity contribution in [1.29, 1.82) is 0 Å². The van der Waals surface area contributed by atoms with Gasteiger partial charge in [-0.25, -0.2) is 0 Å². The Bertz CT molecular complexity index is 701. The molecule has 2 aromatic rings. The largest absolute Gasteiger partial charge is 0.497 e. The molecule has 6 nitrogen and oxygen atoms in total. The first kappa shape index (κ1) is 17.8. The van der Waals surface area contributed by atoms with Gasteiger partial charge in [-0.1, -0.05) is 6.07 Å². The van der Waals surface area contributed by atoms with E-state index in [0.717, 1.165) is 5.56 Å². The molecule has 0 fully saturated rings. The van der Waals surface area contributed by atoms with Crippen molar-refractivity contribution < 1.29 is 19.1 Å². The molecule has 0 aliphatic heterocycles. The van der Waals surface area contributed by atoms with Gasteiger partial charge in [0.15, 0.2) is 0 Å². The number of nitrogens with one attached hydrogen (secondary N) is 2. The van der Waals surface area contributed by atoms with Crippen molar-refractivity contribution in [3.63, 3.8) is 0 Å². The first-order chi connectivity index (χ1) is 11.5. The maximum Gasteiger partial charge on any atom is 0.261 e. The molecule has 0 aliphatic rings. The van der Waals surface area contributed by atoms with Crippen molar-refractivity contribution in [1.82, 2.24) is 10.6 Å². The Morgan fingerprint density at radius 2 is 2.00 bits per heavy atom. The third-order valence-corrected chi connectivity index (χ3v) is 4.30. The van der Waals surface area contributed by atoms with Gasteiger partial charge in [-0.3, -0.25) is 9.59 Å². The zero-order valence-electron chi connectivity index (χ0n) is 13.8. The lowest BCUT2D eigenvalue weighted by atomic mass is 10.1. The third-order valence-electron chi connectivity index (χ3n) is 3.44. The zero-order chi connectivity index (χ0) is 17.5. The normalized spacial score (nSPS) is 11.5. The van der Waals surface area contributed by atoms with E-state index in [1.54, 1.807) is 38.5 Å². The number of amides is 2. The number of carbonyl (C=O) groups excluding carboxylic acids is 2. The Labute approximate surface area is 144 Å². The van der Waals surface area contributed by atoms with E-state index in [1.165, 1.54) is 11.3 Å². The summed E-state index contributed by atoms with van der Waals surface area (Å²) in [7, 11) is 3.15. The smallest absolute Gasteiger partial charge is 0.261 e. The number of hydrogen-bond donors (Lipinski definition) is 2. The van der Waals surface area contributed by atoms with Gasteiger partial charge in [-0.2, -0.15) is 0 Å². The minimum atomic E-state index is -0.291. The molecule has 0 radical (unpaired) electrons. The average Bonchev–Trinajstić information content (AvgIpc) is 3.13. The van der Waals surface area contributed by atoms with E-state index in [1.807, 2.05) is 18.4 Å². The van der Waals surface area contributed by atoms with Crippen LogP contribution in [0.5, 0.6) is 11.5 Å². The second-order valence-corrected chi connectivity index (χ2v) is 6.00. The van der Waals surface area contributed by atoms with Crippen LogP contribution in [0, 0.1) is 0 Å². The van der Waals surface area contributed by atoms with Crippen LogP contribution in [0.1, 0.15) is 28.2 Å². The first-order valence-corrected chi connectivity index (χ1v) is 8.26. The van der Waals surface area contributed by atoms with Crippen LogP contribution in [-0.2, 0) is 4.79 Å². The number of carbonyl (C=O) groups is 2. The Kier molecular flexibility index (Phi) is 6.20. The maximum absolute atomic E-state index is 12.1. The van der Waals surface area contributed by atoms with E-state index >= 15 is 0 Å². The van der Waals surface area contributed by atoms with Crippen molar-refractivity contribution in [2.75, 3.05) is 20.8 Å². The number of rotatable bonds is 7. The molecule has 0 spiro atoms. The Hall–Kier alpha value is -2.54. The summed E-state index contributed by atoms with van der Waals surface area (Å²) in [6, 6.07) is 8.60. The van der Waals surface area contributed by atoms with E-state index in [4.69, 9.17) is 9.47 Å². The van der Waals surface area contributed by atoms with Crippen LogP contribution in [-0.4, -0.2) is 32.6 Å². The van der Waals surface area contributed by atoms with Gasteiger partial charge in [0.25, 0.3) is 5.91 Å². The first-order valence-electron chi connectivity index (χ1n) is 7.38. The Morgan fingerprint density at radius 3 is 2.62 bits per heavy atom. The van der Waals surface area contributed by atoms with E-state index in [2.05, 4.69) is 10.6 Å². The van der Waals surface area contributed by atoms with E-state index in [9.17, 15) is 9.59 Å². The lowest BCUT2D eigenvalue weighted by Crippen LogP contribution is -2.37. The minimum absolute atomic E-state index is 0.0899. The number of hydrogen-bond acceptors (Lipinski definition) is 5. The predicted molar refractivity (Wildman–Crippen MR) is 92.8 cm³/mol. The van der Waals surface area contributed by atoms with Gasteiger partial charge in [0, 0.05) is 5.56 Å². The van der Waals surface area contributed by atoms with Crippen LogP contribution in [0.4, 0.5) is 0 Å². The molecule has 0 aliphatic carbocycles. The van der Waals surface area contributed by atoms with Crippen LogP contribution in [0.2, 0.25) is 0 Å². The Morgan fingerprint density at radius 1 is 1.21 bits per heavy atom. The highest BCUT2D eigenvalue weighted by Gasteiger charge is 2.16. The van der Waals surface area contributed by atoms with Crippen molar-refractivity contribution in [3.8, 4) is 11.5 Å². The van der Waals surface area contributed by atoms with Gasteiger partial charge in [-0.15, -0.1) is 11.3 Å². The molecule has 0 saturated heterocycles. The molecule has 1 aromatic carbocycles. The van der Waals surface area contributed by atoms with Gasteiger partial charge in [-0.05, 0) is 36.6 Å². The van der Waals surface area contributed by atoms with Crippen molar-refractivity contribution in [2.24, 2.45) is 0 Å². The van der Waals surface area contributed by atoms with E-state index in [0.29, 0.717) is 16.4 Å². The summed E-state index contributed by atoms with van der Waals surface area (Å²) >= 11 is 1.33. The van der Waals surface area contributed by atoms with Crippen LogP contribution < -0.4 is 20.1 Å². The summed E-state index contributed by atoms with van der Waals surface area (Å²) < 4.78 is 10.5. The Balaban J connectivity index is 1.95. The molecule has 0 saturated carbocycles. The number of ether oxygens (including phenoxy) is 2. The molecule has 128 valence electrons. The molecular weight excluding hydrogens is 328 g/mol. The standard InChI is InChI=1S/C17H20N2O4S/c1-11(13-9-12(22-2)6-7-14(13)23-3)19-16(20)10-18-17(21)15-5-4-8-24-15/h4-9,11H,10H2,1-3H3,(H,18,21)(H,19,20)/t11-/m0/s1. The molecule has 7 heteroatoms. The fraction of sp³-hybridized carbons (Fsp3) is 0.294. The van der Waals surface area contributed by atoms with Crippen LogP contribution in [0.3, 0.4) is 0 Å². The van der Waals surface area contributed by atoms with Crippen LogP contribution in [0.15, 0.2) is 35.7 Å². The lowest BCUT2D eigenvalue weighted by molar-refractivity contribution is -0.120.